The van der Waals surface area contributed by atoms with Gasteiger partial charge in [-0.15, -0.1) is 0 Å². The Morgan fingerprint density at radius 2 is 1.83 bits per heavy atom. The fourth-order valence-corrected chi connectivity index (χ4v) is 8.57. The number of H-pyrrole nitrogens is 1. The van der Waals surface area contributed by atoms with Crippen molar-refractivity contribution in [3.63, 3.8) is 0 Å². The summed E-state index contributed by atoms with van der Waals surface area (Å²) < 4.78 is 32.2. The van der Waals surface area contributed by atoms with Crippen LogP contribution in [0.15, 0.2) is 41.7 Å². The number of methoxy groups -OCH3 is 1. The second kappa shape index (κ2) is 14.3. The zero-order valence-corrected chi connectivity index (χ0v) is 30.9. The van der Waals surface area contributed by atoms with Gasteiger partial charge in [-0.05, 0) is 81.5 Å². The molecule has 3 saturated heterocycles. The average molecular weight is 726 g/mol. The third-order valence-corrected chi connectivity index (χ3v) is 11.6. The lowest BCUT2D eigenvalue weighted by Gasteiger charge is -2.54. The summed E-state index contributed by atoms with van der Waals surface area (Å²) in [6, 6.07) is 6.44. The van der Waals surface area contributed by atoms with Gasteiger partial charge in [0.25, 0.3) is 11.5 Å². The van der Waals surface area contributed by atoms with Crippen LogP contribution in [0.1, 0.15) is 62.5 Å². The molecule has 12 nitrogen and oxygen atoms in total. The molecule has 0 radical (unpaired) electrons. The van der Waals surface area contributed by atoms with Crippen LogP contribution in [0.2, 0.25) is 0 Å². The largest absolute Gasteiger partial charge is 0.491 e. The number of likely N-dealkylation sites (tertiary alicyclic amines) is 2. The maximum atomic E-state index is 13.6. The van der Waals surface area contributed by atoms with Gasteiger partial charge in [-0.3, -0.25) is 9.59 Å². The Kier molecular flexibility index (Phi) is 9.56. The molecule has 53 heavy (non-hydrogen) atoms. The van der Waals surface area contributed by atoms with Crippen LogP contribution in [0.3, 0.4) is 0 Å². The number of carbonyl (C=O) groups excluding carboxylic acids is 1. The molecule has 5 heterocycles. The third kappa shape index (κ3) is 6.73. The number of hydrogen-bond acceptors (Lipinski definition) is 10. The van der Waals surface area contributed by atoms with Crippen molar-refractivity contribution in [2.75, 3.05) is 71.0 Å². The Morgan fingerprint density at radius 3 is 2.51 bits per heavy atom. The number of anilines is 1. The van der Waals surface area contributed by atoms with Crippen LogP contribution in [0.5, 0.6) is 11.8 Å². The number of halogens is 1. The van der Waals surface area contributed by atoms with E-state index in [-0.39, 0.29) is 17.1 Å². The lowest BCUT2D eigenvalue weighted by atomic mass is 9.72. The minimum absolute atomic E-state index is 0.0434. The maximum absolute atomic E-state index is 13.6. The number of nitrogens with zero attached hydrogens (tertiary/aromatic N) is 6. The van der Waals surface area contributed by atoms with Gasteiger partial charge < -0.3 is 33.9 Å². The first-order chi connectivity index (χ1) is 25.7. The monoisotopic (exact) mass is 725 g/mol. The van der Waals surface area contributed by atoms with E-state index in [1.54, 1.807) is 12.0 Å². The number of amides is 1. The Bertz CT molecular complexity index is 2110. The number of benzene rings is 2. The molecular formula is C40H48FN7O5. The van der Waals surface area contributed by atoms with Gasteiger partial charge in [-0.1, -0.05) is 12.6 Å². The molecule has 4 aliphatic rings. The highest BCUT2D eigenvalue weighted by atomic mass is 19.1. The molecule has 8 rings (SSSR count). The number of carbonyl (C=O) groups is 1. The van der Waals surface area contributed by atoms with E-state index < -0.39 is 11.7 Å². The number of aromatic amines is 1. The summed E-state index contributed by atoms with van der Waals surface area (Å²) in [5.41, 5.74) is 4.81. The van der Waals surface area contributed by atoms with E-state index in [9.17, 15) is 14.0 Å². The Labute approximate surface area is 308 Å². The van der Waals surface area contributed by atoms with Crippen molar-refractivity contribution < 1.29 is 23.4 Å². The number of aromatic nitrogens is 4. The Balaban J connectivity index is 1.23. The summed E-state index contributed by atoms with van der Waals surface area (Å²) >= 11 is 0. The van der Waals surface area contributed by atoms with Crippen LogP contribution in [-0.2, 0) is 9.53 Å². The van der Waals surface area contributed by atoms with Crippen LogP contribution in [-0.4, -0.2) is 108 Å². The standard InChI is InChI=1S/C40H48FN7O5/c1-5-52-35-32(31-24(2)6-9-30-33(31)37(49)43-23-42-30)28(26-7-8-26)20-29-34(35)44-39(53-27-10-14-46(15-11-27)18-19-51-4)45-36(29)47-16-12-40(13-17-47)21-48(22-40)38(50)25(3)41/h6,9,20,23,26-27H,3,5,7-8,10-19,21-22H2,1-2,4H3,(H,42,43,49). The molecular weight excluding hydrogens is 677 g/mol. The average Bonchev–Trinajstić information content (AvgIpc) is 3.99. The van der Waals surface area contributed by atoms with Crippen LogP contribution >= 0.6 is 0 Å². The molecule has 0 bridgehead atoms. The summed E-state index contributed by atoms with van der Waals surface area (Å²) in [6.45, 7) is 13.5. The van der Waals surface area contributed by atoms with Crippen molar-refractivity contribution >= 4 is 33.5 Å². The van der Waals surface area contributed by atoms with E-state index in [1.165, 1.54) is 6.33 Å². The van der Waals surface area contributed by atoms with Gasteiger partial charge in [0.2, 0.25) is 0 Å². The van der Waals surface area contributed by atoms with Crippen molar-refractivity contribution in [3.8, 4) is 22.9 Å². The first-order valence-corrected chi connectivity index (χ1v) is 18.9. The zero-order chi connectivity index (χ0) is 36.9. The Morgan fingerprint density at radius 1 is 1.08 bits per heavy atom. The number of hydrogen-bond donors (Lipinski definition) is 1. The van der Waals surface area contributed by atoms with Gasteiger partial charge in [0.1, 0.15) is 17.4 Å². The van der Waals surface area contributed by atoms with Crippen LogP contribution in [0.25, 0.3) is 32.9 Å². The fourth-order valence-electron chi connectivity index (χ4n) is 8.57. The van der Waals surface area contributed by atoms with E-state index in [4.69, 9.17) is 24.2 Å². The lowest BCUT2D eigenvalue weighted by Crippen LogP contribution is -2.62. The van der Waals surface area contributed by atoms with Crippen molar-refractivity contribution in [1.82, 2.24) is 29.7 Å². The fraction of sp³-hybridized carbons (Fsp3) is 0.525. The molecule has 1 aliphatic carbocycles. The minimum atomic E-state index is -0.909. The van der Waals surface area contributed by atoms with Crippen LogP contribution in [0.4, 0.5) is 10.2 Å². The number of nitrogens with one attached hydrogen (secondary N) is 1. The number of aryl methyl sites for hydroxylation is 1. The van der Waals surface area contributed by atoms with Gasteiger partial charge in [-0.25, -0.2) is 9.37 Å². The van der Waals surface area contributed by atoms with E-state index in [2.05, 4.69) is 32.4 Å². The summed E-state index contributed by atoms with van der Waals surface area (Å²) in [7, 11) is 1.73. The molecule has 1 spiro atoms. The molecule has 4 aromatic rings. The summed E-state index contributed by atoms with van der Waals surface area (Å²) in [6.07, 6.45) is 6.86. The molecule has 4 fully saturated rings. The third-order valence-electron chi connectivity index (χ3n) is 11.6. The lowest BCUT2D eigenvalue weighted by molar-refractivity contribution is -0.142. The SMILES string of the molecule is C=C(F)C(=O)N1CC2(CCN(c3nc(OC4CCN(CCOC)CC4)nc4c(OCC)c(-c5c(C)ccc6nc[nH]c(=O)c56)c(C5CC5)cc34)CC2)C1. The van der Waals surface area contributed by atoms with E-state index in [0.29, 0.717) is 60.4 Å². The quantitative estimate of drug-likeness (QED) is 0.198. The second-order valence-corrected chi connectivity index (χ2v) is 15.2. The molecule has 1 saturated carbocycles. The molecule has 280 valence electrons. The molecule has 1 amide bonds. The van der Waals surface area contributed by atoms with Crippen molar-refractivity contribution in [2.45, 2.75) is 64.4 Å². The molecule has 2 aromatic carbocycles. The Hall–Kier alpha value is -4.62. The normalized spacial score (nSPS) is 19.2. The molecule has 2 aromatic heterocycles. The van der Waals surface area contributed by atoms with Gasteiger partial charge in [0.05, 0.1) is 30.4 Å². The highest BCUT2D eigenvalue weighted by Gasteiger charge is 2.47. The molecule has 0 unspecified atom stereocenters. The first-order valence-electron chi connectivity index (χ1n) is 18.9. The predicted octanol–water partition coefficient (Wildman–Crippen LogP) is 5.52. The number of ether oxygens (including phenoxy) is 3. The van der Waals surface area contributed by atoms with Crippen molar-refractivity contribution in [1.29, 1.82) is 0 Å². The highest BCUT2D eigenvalue weighted by molar-refractivity contribution is 6.06. The van der Waals surface area contributed by atoms with Crippen LogP contribution < -0.4 is 19.9 Å². The van der Waals surface area contributed by atoms with Crippen LogP contribution in [0, 0.1) is 12.3 Å². The van der Waals surface area contributed by atoms with Gasteiger partial charge in [0.15, 0.2) is 11.6 Å². The van der Waals surface area contributed by atoms with Gasteiger partial charge in [0, 0.05) is 74.9 Å². The maximum Gasteiger partial charge on any atom is 0.319 e. The topological polar surface area (TPSA) is 126 Å². The van der Waals surface area contributed by atoms with Gasteiger partial charge in [-0.2, -0.15) is 9.97 Å². The van der Waals surface area contributed by atoms with Crippen molar-refractivity contribution in [3.05, 3.63) is 58.4 Å². The summed E-state index contributed by atoms with van der Waals surface area (Å²) in [5.74, 6) is 0.206. The minimum Gasteiger partial charge on any atom is -0.491 e. The highest BCUT2D eigenvalue weighted by Crippen LogP contribution is 2.53. The molecule has 13 heteroatoms. The number of piperidine rings is 2. The molecule has 3 aliphatic heterocycles. The molecule has 1 N–H and O–H groups in total. The van der Waals surface area contributed by atoms with Crippen molar-refractivity contribution in [2.24, 2.45) is 5.41 Å². The van der Waals surface area contributed by atoms with E-state index >= 15 is 0 Å². The summed E-state index contributed by atoms with van der Waals surface area (Å²) in [5, 5.41) is 1.42. The number of fused-ring (bicyclic) bond motifs is 2. The smallest absolute Gasteiger partial charge is 0.319 e. The predicted molar refractivity (Wildman–Crippen MR) is 201 cm³/mol. The first kappa shape index (κ1) is 35.4. The van der Waals surface area contributed by atoms with E-state index in [0.717, 1.165) is 105 Å². The summed E-state index contributed by atoms with van der Waals surface area (Å²) in [4.78, 5) is 49.6. The second-order valence-electron chi connectivity index (χ2n) is 15.2. The van der Waals surface area contributed by atoms with E-state index in [1.807, 2.05) is 26.0 Å². The number of rotatable bonds is 11. The van der Waals surface area contributed by atoms with Gasteiger partial charge >= 0.3 is 6.01 Å². The zero-order valence-electron chi connectivity index (χ0n) is 30.9. The molecule has 0 atom stereocenters.